The number of rotatable bonds is 6. The Morgan fingerprint density at radius 3 is 2.71 bits per heavy atom. The minimum atomic E-state index is -0.217. The van der Waals surface area contributed by atoms with Gasteiger partial charge in [-0.25, -0.2) is 14.5 Å². The van der Waals surface area contributed by atoms with Gasteiger partial charge in [-0.1, -0.05) is 12.1 Å². The first kappa shape index (κ1) is 26.6. The van der Waals surface area contributed by atoms with Gasteiger partial charge in [0.1, 0.15) is 22.6 Å². The molecule has 3 fully saturated rings. The monoisotopic (exact) mass is 599 g/mol. The van der Waals surface area contributed by atoms with Crippen molar-refractivity contribution in [1.82, 2.24) is 24.1 Å². The van der Waals surface area contributed by atoms with E-state index in [-0.39, 0.29) is 23.9 Å². The number of nitrogens with zero attached hydrogens (tertiary/aromatic N) is 6. The molecule has 45 heavy (non-hydrogen) atoms. The van der Waals surface area contributed by atoms with Gasteiger partial charge >= 0.3 is 0 Å². The number of piperidine rings is 1. The number of fused-ring (bicyclic) bond motifs is 5. The third-order valence-electron chi connectivity index (χ3n) is 10.3. The second kappa shape index (κ2) is 9.58. The molecule has 4 aliphatic rings. The Morgan fingerprint density at radius 2 is 1.96 bits per heavy atom. The molecule has 1 aromatic carbocycles. The Labute approximate surface area is 259 Å². The molecule has 4 aromatic heterocycles. The average molecular weight is 600 g/mol. The van der Waals surface area contributed by atoms with Gasteiger partial charge < -0.3 is 19.9 Å². The molecule has 5 aromatic rings. The maximum atomic E-state index is 13.7. The van der Waals surface area contributed by atoms with Crippen molar-refractivity contribution in [3.63, 3.8) is 0 Å². The van der Waals surface area contributed by atoms with Gasteiger partial charge in [-0.3, -0.25) is 9.59 Å². The summed E-state index contributed by atoms with van der Waals surface area (Å²) in [7, 11) is 1.64. The van der Waals surface area contributed by atoms with Crippen molar-refractivity contribution in [2.24, 2.45) is 22.6 Å². The highest BCUT2D eigenvalue weighted by Gasteiger charge is 2.47. The first-order valence-corrected chi connectivity index (χ1v) is 15.7. The summed E-state index contributed by atoms with van der Waals surface area (Å²) >= 11 is 0. The van der Waals surface area contributed by atoms with Crippen molar-refractivity contribution in [3.8, 4) is 28.4 Å². The smallest absolute Gasteiger partial charge is 0.277 e. The van der Waals surface area contributed by atoms with Crippen LogP contribution in [0.1, 0.15) is 57.5 Å². The summed E-state index contributed by atoms with van der Waals surface area (Å²) in [6, 6.07) is 14.0. The molecule has 6 heterocycles. The summed E-state index contributed by atoms with van der Waals surface area (Å²) in [6.07, 6.45) is 7.88. The molecular formula is C35H33N7O3. The number of carbonyl (C=O) groups excluding carboxylic acids is 2. The van der Waals surface area contributed by atoms with Gasteiger partial charge in [0, 0.05) is 59.7 Å². The number of likely N-dealkylation sites (tertiary alicyclic amines) is 1. The van der Waals surface area contributed by atoms with Crippen molar-refractivity contribution >= 4 is 34.6 Å². The van der Waals surface area contributed by atoms with Crippen molar-refractivity contribution in [2.45, 2.75) is 51.2 Å². The minimum absolute atomic E-state index is 0.0213. The number of ether oxygens (including phenoxy) is 1. The van der Waals surface area contributed by atoms with Crippen LogP contribution in [0.15, 0.2) is 53.7 Å². The molecule has 2 N–H and O–H groups in total. The second-order valence-electron chi connectivity index (χ2n) is 13.1. The third kappa shape index (κ3) is 4.01. The fraction of sp³-hybridized carbons (Fsp3) is 0.343. The number of aromatic nitrogens is 4. The Balaban J connectivity index is 1.15. The van der Waals surface area contributed by atoms with Crippen LogP contribution in [-0.4, -0.2) is 67.8 Å². The zero-order valence-corrected chi connectivity index (χ0v) is 25.2. The van der Waals surface area contributed by atoms with E-state index in [1.54, 1.807) is 17.8 Å². The van der Waals surface area contributed by atoms with Crippen LogP contribution in [0.3, 0.4) is 0 Å². The van der Waals surface area contributed by atoms with Crippen molar-refractivity contribution in [1.29, 1.82) is 0 Å². The normalized spacial score (nSPS) is 21.9. The number of methoxy groups -OCH3 is 1. The van der Waals surface area contributed by atoms with Crippen molar-refractivity contribution in [2.75, 3.05) is 13.7 Å². The second-order valence-corrected chi connectivity index (χ2v) is 13.1. The van der Waals surface area contributed by atoms with Crippen LogP contribution in [0.2, 0.25) is 0 Å². The van der Waals surface area contributed by atoms with E-state index in [4.69, 9.17) is 20.6 Å². The van der Waals surface area contributed by atoms with E-state index < -0.39 is 0 Å². The number of hydrogen-bond donors (Lipinski definition) is 1. The molecule has 0 radical (unpaired) electrons. The zero-order chi connectivity index (χ0) is 30.6. The predicted octanol–water partition coefficient (Wildman–Crippen LogP) is 4.88. The number of aliphatic imine (C=N–C) groups is 1. The van der Waals surface area contributed by atoms with E-state index in [2.05, 4.69) is 28.6 Å². The minimum Gasteiger partial charge on any atom is -0.494 e. The molecule has 226 valence electrons. The Morgan fingerprint density at radius 1 is 1.09 bits per heavy atom. The molecule has 10 heteroatoms. The van der Waals surface area contributed by atoms with Gasteiger partial charge in [0.15, 0.2) is 0 Å². The lowest BCUT2D eigenvalue weighted by molar-refractivity contribution is 0.0699. The van der Waals surface area contributed by atoms with Crippen LogP contribution in [-0.2, 0) is 6.54 Å². The standard InChI is InChI=1S/C35H33N7O3/c1-18-31(39-42-17-24(13-29(45-2)32(18)42)35(44)41-16-23-8-10-27(41)30(23)36)28-12-21-7-9-26(38-33(21)40(28)15-19-3-4-19)20-5-6-22-14-37-34(43)25(22)11-20/h5-7,9,11-14,17,19,23,27,30H,3-4,8,10,15-16,36H2,1-2H3/t23?,27?,30-/m1/s1. The topological polar surface area (TPSA) is 120 Å². The fourth-order valence-electron chi connectivity index (χ4n) is 7.69. The highest BCUT2D eigenvalue weighted by Crippen LogP contribution is 2.40. The SMILES string of the molecule is COc1cc(C(=O)N2CC3CCC2[C@@H]3N)cn2nc(-c3cc4ccc(-c5ccc6c(c5)C(=O)N=C6)nc4n3CC3CC3)c(C)c12. The van der Waals surface area contributed by atoms with Gasteiger partial charge in [-0.15, -0.1) is 0 Å². The van der Waals surface area contributed by atoms with Gasteiger partial charge in [-0.05, 0) is 74.8 Å². The molecular weight excluding hydrogens is 566 g/mol. The molecule has 2 amide bonds. The summed E-state index contributed by atoms with van der Waals surface area (Å²) < 4.78 is 9.94. The van der Waals surface area contributed by atoms with E-state index in [0.717, 1.165) is 69.7 Å². The van der Waals surface area contributed by atoms with Crippen LogP contribution >= 0.6 is 0 Å². The lowest BCUT2D eigenvalue weighted by Gasteiger charge is -2.27. The summed E-state index contributed by atoms with van der Waals surface area (Å²) in [6.45, 7) is 3.61. The number of nitrogens with two attached hydrogens (primary N) is 1. The van der Waals surface area contributed by atoms with Crippen LogP contribution in [0.25, 0.3) is 39.2 Å². The van der Waals surface area contributed by atoms with E-state index in [1.807, 2.05) is 41.4 Å². The summed E-state index contributed by atoms with van der Waals surface area (Å²) in [5.74, 6) is 1.35. The molecule has 2 bridgehead atoms. The Hall–Kier alpha value is -4.83. The van der Waals surface area contributed by atoms with Gasteiger partial charge in [-0.2, -0.15) is 5.10 Å². The first-order valence-electron chi connectivity index (χ1n) is 15.7. The molecule has 9 rings (SSSR count). The van der Waals surface area contributed by atoms with E-state index in [9.17, 15) is 9.59 Å². The molecule has 2 unspecified atom stereocenters. The van der Waals surface area contributed by atoms with Crippen LogP contribution < -0.4 is 10.5 Å². The molecule has 10 nitrogen and oxygen atoms in total. The summed E-state index contributed by atoms with van der Waals surface area (Å²) in [4.78, 5) is 37.0. The number of amides is 2. The van der Waals surface area contributed by atoms with E-state index in [1.165, 1.54) is 12.8 Å². The first-order chi connectivity index (χ1) is 21.9. The highest BCUT2D eigenvalue weighted by atomic mass is 16.5. The maximum absolute atomic E-state index is 13.7. The number of aryl methyl sites for hydroxylation is 1. The Bertz CT molecular complexity index is 2120. The van der Waals surface area contributed by atoms with Crippen molar-refractivity contribution < 1.29 is 14.3 Å². The van der Waals surface area contributed by atoms with Gasteiger partial charge in [0.25, 0.3) is 11.8 Å². The van der Waals surface area contributed by atoms with E-state index in [0.29, 0.717) is 35.3 Å². The zero-order valence-electron chi connectivity index (χ0n) is 25.2. The average Bonchev–Trinajstić information content (AvgIpc) is 3.26. The molecule has 2 saturated carbocycles. The molecule has 2 aliphatic heterocycles. The number of hydrogen-bond acceptors (Lipinski definition) is 6. The fourth-order valence-corrected chi connectivity index (χ4v) is 7.69. The van der Waals surface area contributed by atoms with Crippen molar-refractivity contribution in [3.05, 3.63) is 70.9 Å². The summed E-state index contributed by atoms with van der Waals surface area (Å²) in [5.41, 5.74) is 14.6. The largest absolute Gasteiger partial charge is 0.494 e. The molecule has 0 spiro atoms. The van der Waals surface area contributed by atoms with Gasteiger partial charge in [0.05, 0.1) is 29.6 Å². The molecule has 1 saturated heterocycles. The van der Waals surface area contributed by atoms with E-state index >= 15 is 0 Å². The molecule has 2 aliphatic carbocycles. The Kier molecular flexibility index (Phi) is 5.66. The van der Waals surface area contributed by atoms with Crippen LogP contribution in [0.4, 0.5) is 0 Å². The number of benzene rings is 1. The van der Waals surface area contributed by atoms with Crippen LogP contribution in [0, 0.1) is 18.8 Å². The lowest BCUT2D eigenvalue weighted by atomic mass is 10.0. The number of carbonyl (C=O) groups is 2. The maximum Gasteiger partial charge on any atom is 0.277 e. The molecule has 3 atom stereocenters. The third-order valence-corrected chi connectivity index (χ3v) is 10.3. The lowest BCUT2D eigenvalue weighted by Crippen LogP contribution is -2.41. The highest BCUT2D eigenvalue weighted by molar-refractivity contribution is 6.13. The quantitative estimate of drug-likeness (QED) is 0.297. The number of pyridine rings is 2. The predicted molar refractivity (Wildman–Crippen MR) is 171 cm³/mol. The summed E-state index contributed by atoms with van der Waals surface area (Å²) in [5, 5.41) is 6.10. The van der Waals surface area contributed by atoms with Gasteiger partial charge in [0.2, 0.25) is 0 Å². The van der Waals surface area contributed by atoms with Crippen LogP contribution in [0.5, 0.6) is 5.75 Å².